The quantitative estimate of drug-likeness (QED) is 0.727. The van der Waals surface area contributed by atoms with E-state index in [1.165, 1.54) is 35.4 Å². The van der Waals surface area contributed by atoms with Crippen LogP contribution < -0.4 is 5.32 Å². The van der Waals surface area contributed by atoms with Crippen LogP contribution in [0.1, 0.15) is 37.6 Å². The van der Waals surface area contributed by atoms with Crippen molar-refractivity contribution >= 4 is 21.6 Å². The van der Waals surface area contributed by atoms with Crippen LogP contribution in [0.3, 0.4) is 0 Å². The topological polar surface area (TPSA) is 24.9 Å². The third-order valence-electron chi connectivity index (χ3n) is 3.06. The van der Waals surface area contributed by atoms with Crippen LogP contribution in [0.25, 0.3) is 10.2 Å². The van der Waals surface area contributed by atoms with E-state index >= 15 is 0 Å². The summed E-state index contributed by atoms with van der Waals surface area (Å²) in [6.07, 6.45) is 6.37. The number of para-hydroxylation sites is 1. The van der Waals surface area contributed by atoms with E-state index < -0.39 is 0 Å². The largest absolute Gasteiger partial charge is 0.316 e. The van der Waals surface area contributed by atoms with Gasteiger partial charge in [-0.2, -0.15) is 0 Å². The molecule has 2 aromatic rings. The van der Waals surface area contributed by atoms with Crippen molar-refractivity contribution in [3.63, 3.8) is 0 Å². The number of nitrogens with one attached hydrogen (secondary N) is 1. The number of benzene rings is 1. The van der Waals surface area contributed by atoms with Gasteiger partial charge in [-0.15, -0.1) is 11.3 Å². The summed E-state index contributed by atoms with van der Waals surface area (Å²) in [5.74, 6) is 0. The molecule has 2 nitrogen and oxygen atoms in total. The van der Waals surface area contributed by atoms with Crippen molar-refractivity contribution in [3.8, 4) is 0 Å². The van der Waals surface area contributed by atoms with Crippen molar-refractivity contribution < 1.29 is 0 Å². The Hall–Kier alpha value is -0.930. The average Bonchev–Trinajstić information content (AvgIpc) is 2.80. The summed E-state index contributed by atoms with van der Waals surface area (Å²) >= 11 is 1.82. The predicted octanol–water partition coefficient (Wildman–Crippen LogP) is 4.01. The highest BCUT2D eigenvalue weighted by molar-refractivity contribution is 7.18. The van der Waals surface area contributed by atoms with Crippen LogP contribution in [0.2, 0.25) is 0 Å². The van der Waals surface area contributed by atoms with Gasteiger partial charge in [-0.1, -0.05) is 38.3 Å². The van der Waals surface area contributed by atoms with Crippen LogP contribution in [-0.2, 0) is 6.42 Å². The van der Waals surface area contributed by atoms with Crippen molar-refractivity contribution in [2.75, 3.05) is 13.1 Å². The van der Waals surface area contributed by atoms with Gasteiger partial charge in [0.25, 0.3) is 0 Å². The molecule has 0 aliphatic rings. The Balaban J connectivity index is 1.67. The van der Waals surface area contributed by atoms with Crippen LogP contribution in [0.5, 0.6) is 0 Å². The highest BCUT2D eigenvalue weighted by atomic mass is 32.1. The molecule has 18 heavy (non-hydrogen) atoms. The molecule has 1 heterocycles. The van der Waals surface area contributed by atoms with Gasteiger partial charge in [-0.3, -0.25) is 0 Å². The van der Waals surface area contributed by atoms with E-state index in [0.29, 0.717) is 0 Å². The highest BCUT2D eigenvalue weighted by Crippen LogP contribution is 2.21. The molecule has 1 aromatic heterocycles. The molecule has 0 aliphatic heterocycles. The van der Waals surface area contributed by atoms with Crippen molar-refractivity contribution in [2.24, 2.45) is 0 Å². The Morgan fingerprint density at radius 2 is 2.00 bits per heavy atom. The van der Waals surface area contributed by atoms with Crippen LogP contribution in [0, 0.1) is 0 Å². The summed E-state index contributed by atoms with van der Waals surface area (Å²) in [7, 11) is 0. The molecule has 0 aliphatic carbocycles. The van der Waals surface area contributed by atoms with Crippen LogP contribution in [-0.4, -0.2) is 18.1 Å². The Labute approximate surface area is 113 Å². The predicted molar refractivity (Wildman–Crippen MR) is 80.3 cm³/mol. The van der Waals surface area contributed by atoms with Crippen LogP contribution >= 0.6 is 11.3 Å². The lowest BCUT2D eigenvalue weighted by Crippen LogP contribution is -2.18. The lowest BCUT2D eigenvalue weighted by Gasteiger charge is -2.02. The molecule has 1 N–H and O–H groups in total. The van der Waals surface area contributed by atoms with Gasteiger partial charge < -0.3 is 5.32 Å². The minimum absolute atomic E-state index is 1.05. The smallest absolute Gasteiger partial charge is 0.0951 e. The molecule has 2 rings (SSSR count). The minimum atomic E-state index is 1.05. The summed E-state index contributed by atoms with van der Waals surface area (Å²) in [5, 5.41) is 4.75. The molecule has 0 spiro atoms. The minimum Gasteiger partial charge on any atom is -0.316 e. The second-order valence-electron chi connectivity index (χ2n) is 4.64. The van der Waals surface area contributed by atoms with E-state index in [2.05, 4.69) is 41.5 Å². The molecule has 0 saturated heterocycles. The zero-order valence-corrected chi connectivity index (χ0v) is 11.9. The zero-order valence-electron chi connectivity index (χ0n) is 11.1. The summed E-state index contributed by atoms with van der Waals surface area (Å²) < 4.78 is 1.30. The molecular weight excluding hydrogens is 240 g/mol. The van der Waals surface area contributed by atoms with Crippen molar-refractivity contribution in [3.05, 3.63) is 29.3 Å². The second kappa shape index (κ2) is 7.49. The Bertz CT molecular complexity index is 431. The van der Waals surface area contributed by atoms with E-state index in [1.807, 2.05) is 11.3 Å². The number of hydrogen-bond donors (Lipinski definition) is 1. The van der Waals surface area contributed by atoms with Crippen LogP contribution in [0.4, 0.5) is 0 Å². The fraction of sp³-hybridized carbons (Fsp3) is 0.533. The van der Waals surface area contributed by atoms with E-state index in [4.69, 9.17) is 0 Å². The first kappa shape index (κ1) is 13.5. The maximum absolute atomic E-state index is 4.64. The molecule has 0 unspecified atom stereocenters. The summed E-state index contributed by atoms with van der Waals surface area (Å²) in [4.78, 5) is 4.64. The fourth-order valence-corrected chi connectivity index (χ4v) is 2.99. The van der Waals surface area contributed by atoms with Gasteiger partial charge in [-0.25, -0.2) is 4.98 Å². The van der Waals surface area contributed by atoms with Gasteiger partial charge in [0.1, 0.15) is 0 Å². The van der Waals surface area contributed by atoms with Gasteiger partial charge in [0.05, 0.1) is 15.2 Å². The Morgan fingerprint density at radius 1 is 1.11 bits per heavy atom. The van der Waals surface area contributed by atoms with Crippen molar-refractivity contribution in [2.45, 2.75) is 39.0 Å². The monoisotopic (exact) mass is 262 g/mol. The molecule has 0 fully saturated rings. The normalized spacial score (nSPS) is 11.2. The van der Waals surface area contributed by atoms with Gasteiger partial charge in [0, 0.05) is 13.0 Å². The highest BCUT2D eigenvalue weighted by Gasteiger charge is 2.02. The van der Waals surface area contributed by atoms with Crippen molar-refractivity contribution in [1.29, 1.82) is 0 Å². The molecule has 3 heteroatoms. The molecule has 0 saturated carbocycles. The number of thiazole rings is 1. The van der Waals surface area contributed by atoms with E-state index in [0.717, 1.165) is 25.0 Å². The zero-order chi connectivity index (χ0) is 12.6. The van der Waals surface area contributed by atoms with Gasteiger partial charge in [0.2, 0.25) is 0 Å². The molecule has 0 bridgehead atoms. The third-order valence-corrected chi connectivity index (χ3v) is 4.16. The van der Waals surface area contributed by atoms with Gasteiger partial charge in [-0.05, 0) is 25.1 Å². The number of nitrogens with zero attached hydrogens (tertiary/aromatic N) is 1. The number of aromatic nitrogens is 1. The van der Waals surface area contributed by atoms with Gasteiger partial charge in [0.15, 0.2) is 0 Å². The average molecular weight is 262 g/mol. The molecule has 0 atom stereocenters. The first-order valence-corrected chi connectivity index (χ1v) is 7.77. The lowest BCUT2D eigenvalue weighted by molar-refractivity contribution is 0.598. The van der Waals surface area contributed by atoms with E-state index in [-0.39, 0.29) is 0 Å². The summed E-state index contributed by atoms with van der Waals surface area (Å²) in [5.41, 5.74) is 1.14. The molecular formula is C15H22N2S. The third kappa shape index (κ3) is 4.07. The lowest BCUT2D eigenvalue weighted by atomic mass is 10.2. The van der Waals surface area contributed by atoms with E-state index in [9.17, 15) is 0 Å². The number of rotatable bonds is 8. The first-order chi connectivity index (χ1) is 8.90. The molecule has 98 valence electrons. The van der Waals surface area contributed by atoms with Crippen molar-refractivity contribution in [1.82, 2.24) is 10.3 Å². The Kier molecular flexibility index (Phi) is 5.62. The van der Waals surface area contributed by atoms with Crippen LogP contribution in [0.15, 0.2) is 24.3 Å². The molecule has 0 amide bonds. The van der Waals surface area contributed by atoms with Gasteiger partial charge >= 0.3 is 0 Å². The fourth-order valence-electron chi connectivity index (χ4n) is 2.02. The Morgan fingerprint density at radius 3 is 2.83 bits per heavy atom. The standard InChI is InChI=1S/C15H22N2S/c1-2-3-4-7-11-16-12-10-15-17-13-8-5-6-9-14(13)18-15/h5-6,8-9,16H,2-4,7,10-12H2,1H3. The first-order valence-electron chi connectivity index (χ1n) is 6.95. The molecule has 1 aromatic carbocycles. The SMILES string of the molecule is CCCCCCNCCc1nc2ccccc2s1. The second-order valence-corrected chi connectivity index (χ2v) is 5.75. The maximum Gasteiger partial charge on any atom is 0.0951 e. The number of fused-ring (bicyclic) bond motifs is 1. The molecule has 0 radical (unpaired) electrons. The number of unbranched alkanes of at least 4 members (excludes halogenated alkanes) is 3. The summed E-state index contributed by atoms with van der Waals surface area (Å²) in [6.45, 7) is 4.44. The van der Waals surface area contributed by atoms with E-state index in [1.54, 1.807) is 0 Å². The summed E-state index contributed by atoms with van der Waals surface area (Å²) in [6, 6.07) is 8.37. The maximum atomic E-state index is 4.64. The number of hydrogen-bond acceptors (Lipinski definition) is 3.